The Labute approximate surface area is 122 Å². The van der Waals surface area contributed by atoms with Crippen molar-refractivity contribution in [2.45, 2.75) is 58.1 Å². The molecule has 1 fully saturated rings. The molecule has 1 rings (SSSR count). The van der Waals surface area contributed by atoms with Crippen molar-refractivity contribution >= 4 is 5.91 Å². The summed E-state index contributed by atoms with van der Waals surface area (Å²) in [7, 11) is 0. The fourth-order valence-corrected chi connectivity index (χ4v) is 2.60. The maximum Gasteiger partial charge on any atom is 0.234 e. The minimum absolute atomic E-state index is 0.0828. The Kier molecular flexibility index (Phi) is 8.82. The van der Waals surface area contributed by atoms with Crippen LogP contribution in [0.3, 0.4) is 0 Å². The normalized spacial score (nSPS) is 20.3. The molecule has 0 aromatic carbocycles. The van der Waals surface area contributed by atoms with Crippen molar-refractivity contribution in [1.29, 1.82) is 0 Å². The van der Waals surface area contributed by atoms with E-state index in [9.17, 15) is 4.79 Å². The number of hydrogen-bond acceptors (Lipinski definition) is 4. The molecule has 1 aliphatic heterocycles. The van der Waals surface area contributed by atoms with Crippen LogP contribution in [0, 0.1) is 0 Å². The van der Waals surface area contributed by atoms with Crippen LogP contribution < -0.4 is 5.32 Å². The van der Waals surface area contributed by atoms with Crippen molar-refractivity contribution in [1.82, 2.24) is 10.2 Å². The smallest absolute Gasteiger partial charge is 0.234 e. The van der Waals surface area contributed by atoms with Gasteiger partial charge in [0, 0.05) is 25.8 Å². The van der Waals surface area contributed by atoms with E-state index in [2.05, 4.69) is 10.2 Å². The van der Waals surface area contributed by atoms with E-state index in [1.807, 2.05) is 13.8 Å². The summed E-state index contributed by atoms with van der Waals surface area (Å²) in [6, 6.07) is 0.365. The average molecular weight is 286 g/mol. The Morgan fingerprint density at radius 1 is 1.45 bits per heavy atom. The zero-order chi connectivity index (χ0) is 14.8. The van der Waals surface area contributed by atoms with Gasteiger partial charge in [0.2, 0.25) is 5.91 Å². The third-order valence-electron chi connectivity index (χ3n) is 3.65. The van der Waals surface area contributed by atoms with E-state index >= 15 is 0 Å². The van der Waals surface area contributed by atoms with E-state index < -0.39 is 0 Å². The average Bonchev–Trinajstić information content (AvgIpc) is 2.40. The molecule has 1 atom stereocenters. The van der Waals surface area contributed by atoms with Gasteiger partial charge in [-0.3, -0.25) is 9.69 Å². The monoisotopic (exact) mass is 286 g/mol. The highest BCUT2D eigenvalue weighted by atomic mass is 16.5. The molecule has 1 amide bonds. The van der Waals surface area contributed by atoms with Gasteiger partial charge >= 0.3 is 0 Å². The number of carbonyl (C=O) groups excluding carboxylic acids is 1. The van der Waals surface area contributed by atoms with Crippen LogP contribution in [0.2, 0.25) is 0 Å². The van der Waals surface area contributed by atoms with E-state index in [1.165, 1.54) is 6.42 Å². The molecule has 20 heavy (non-hydrogen) atoms. The molecule has 0 radical (unpaired) electrons. The minimum Gasteiger partial charge on any atom is -0.396 e. The molecule has 5 nitrogen and oxygen atoms in total. The molecule has 1 heterocycles. The highest BCUT2D eigenvalue weighted by molar-refractivity contribution is 5.78. The number of hydrogen-bond donors (Lipinski definition) is 2. The second-order valence-electron chi connectivity index (χ2n) is 5.76. The van der Waals surface area contributed by atoms with Crippen LogP contribution in [0.5, 0.6) is 0 Å². The van der Waals surface area contributed by atoms with Gasteiger partial charge in [-0.1, -0.05) is 6.42 Å². The first kappa shape index (κ1) is 17.4. The van der Waals surface area contributed by atoms with Crippen molar-refractivity contribution < 1.29 is 14.6 Å². The third-order valence-corrected chi connectivity index (χ3v) is 3.65. The van der Waals surface area contributed by atoms with Gasteiger partial charge in [-0.05, 0) is 46.1 Å². The molecule has 0 bridgehead atoms. The lowest BCUT2D eigenvalue weighted by atomic mass is 10.00. The number of amides is 1. The summed E-state index contributed by atoms with van der Waals surface area (Å²) in [5, 5.41) is 12.0. The first-order valence-electron chi connectivity index (χ1n) is 7.86. The number of carbonyl (C=O) groups is 1. The molecule has 0 saturated carbocycles. The standard InChI is InChI=1S/C15H30N2O3/c1-13(2)20-11-5-8-16-15(19)12-17-9-4-3-6-14(17)7-10-18/h13-14,18H,3-12H2,1-2H3,(H,16,19). The lowest BCUT2D eigenvalue weighted by Crippen LogP contribution is -2.46. The summed E-state index contributed by atoms with van der Waals surface area (Å²) in [6.45, 7) is 7.00. The van der Waals surface area contributed by atoms with Crippen LogP contribution in [-0.2, 0) is 9.53 Å². The van der Waals surface area contributed by atoms with Crippen molar-refractivity contribution in [2.24, 2.45) is 0 Å². The molecule has 0 aromatic heterocycles. The molecule has 5 heteroatoms. The highest BCUT2D eigenvalue weighted by Gasteiger charge is 2.23. The maximum atomic E-state index is 11.9. The van der Waals surface area contributed by atoms with Gasteiger partial charge in [0.05, 0.1) is 12.6 Å². The fraction of sp³-hybridized carbons (Fsp3) is 0.933. The molecule has 2 N–H and O–H groups in total. The van der Waals surface area contributed by atoms with Gasteiger partial charge < -0.3 is 15.2 Å². The number of nitrogens with one attached hydrogen (secondary N) is 1. The lowest BCUT2D eigenvalue weighted by Gasteiger charge is -2.34. The highest BCUT2D eigenvalue weighted by Crippen LogP contribution is 2.18. The molecule has 1 unspecified atom stereocenters. The Morgan fingerprint density at radius 3 is 2.95 bits per heavy atom. The summed E-state index contributed by atoms with van der Waals surface area (Å²) in [5.74, 6) is 0.0828. The van der Waals surface area contributed by atoms with Crippen molar-refractivity contribution in [3.05, 3.63) is 0 Å². The Balaban J connectivity index is 2.16. The summed E-state index contributed by atoms with van der Waals surface area (Å²) in [6.07, 6.45) is 5.32. The predicted molar refractivity (Wildman–Crippen MR) is 79.6 cm³/mol. The van der Waals surface area contributed by atoms with Gasteiger partial charge in [-0.2, -0.15) is 0 Å². The van der Waals surface area contributed by atoms with E-state index in [0.29, 0.717) is 25.7 Å². The SMILES string of the molecule is CC(C)OCCCNC(=O)CN1CCCCC1CCO. The summed E-state index contributed by atoms with van der Waals surface area (Å²) < 4.78 is 5.43. The molecule has 0 spiro atoms. The van der Waals surface area contributed by atoms with Crippen LogP contribution in [0.25, 0.3) is 0 Å². The van der Waals surface area contributed by atoms with Gasteiger partial charge in [0.15, 0.2) is 0 Å². The number of aliphatic hydroxyl groups excluding tert-OH is 1. The van der Waals surface area contributed by atoms with Crippen LogP contribution in [0.15, 0.2) is 0 Å². The predicted octanol–water partition coefficient (Wildman–Crippen LogP) is 1.15. The first-order chi connectivity index (χ1) is 9.63. The van der Waals surface area contributed by atoms with E-state index in [-0.39, 0.29) is 18.6 Å². The summed E-state index contributed by atoms with van der Waals surface area (Å²) in [4.78, 5) is 14.1. The number of likely N-dealkylation sites (tertiary alicyclic amines) is 1. The quantitative estimate of drug-likeness (QED) is 0.624. The molecule has 1 aliphatic rings. The summed E-state index contributed by atoms with van der Waals surface area (Å²) in [5.41, 5.74) is 0. The number of piperidine rings is 1. The second kappa shape index (κ2) is 10.1. The summed E-state index contributed by atoms with van der Waals surface area (Å²) >= 11 is 0. The van der Waals surface area contributed by atoms with Gasteiger partial charge in [0.25, 0.3) is 0 Å². The van der Waals surface area contributed by atoms with Gasteiger partial charge in [-0.25, -0.2) is 0 Å². The molecule has 0 aromatic rings. The Morgan fingerprint density at radius 2 is 2.25 bits per heavy atom. The van der Waals surface area contributed by atoms with Gasteiger partial charge in [-0.15, -0.1) is 0 Å². The van der Waals surface area contributed by atoms with Gasteiger partial charge in [0.1, 0.15) is 0 Å². The van der Waals surface area contributed by atoms with Crippen LogP contribution in [0.4, 0.5) is 0 Å². The number of aliphatic hydroxyl groups is 1. The fourth-order valence-electron chi connectivity index (χ4n) is 2.60. The number of ether oxygens (including phenoxy) is 1. The maximum absolute atomic E-state index is 11.9. The van der Waals surface area contributed by atoms with Crippen LogP contribution in [-0.4, -0.2) is 60.9 Å². The number of rotatable bonds is 9. The largest absolute Gasteiger partial charge is 0.396 e. The molecular formula is C15H30N2O3. The molecular weight excluding hydrogens is 256 g/mol. The minimum atomic E-state index is 0.0828. The zero-order valence-corrected chi connectivity index (χ0v) is 12.9. The van der Waals surface area contributed by atoms with Crippen molar-refractivity contribution in [3.63, 3.8) is 0 Å². The number of nitrogens with zero attached hydrogens (tertiary/aromatic N) is 1. The first-order valence-corrected chi connectivity index (χ1v) is 7.86. The van der Waals surface area contributed by atoms with E-state index in [1.54, 1.807) is 0 Å². The van der Waals surface area contributed by atoms with E-state index in [0.717, 1.165) is 32.2 Å². The second-order valence-corrected chi connectivity index (χ2v) is 5.76. The topological polar surface area (TPSA) is 61.8 Å². The lowest BCUT2D eigenvalue weighted by molar-refractivity contribution is -0.123. The van der Waals surface area contributed by atoms with E-state index in [4.69, 9.17) is 9.84 Å². The molecule has 118 valence electrons. The van der Waals surface area contributed by atoms with Crippen molar-refractivity contribution in [2.75, 3.05) is 32.8 Å². The third kappa shape index (κ3) is 7.22. The van der Waals surface area contributed by atoms with Crippen LogP contribution >= 0.6 is 0 Å². The Bertz CT molecular complexity index is 270. The zero-order valence-electron chi connectivity index (χ0n) is 12.9. The Hall–Kier alpha value is -0.650. The molecule has 0 aliphatic carbocycles. The molecule has 1 saturated heterocycles. The van der Waals surface area contributed by atoms with Crippen molar-refractivity contribution in [3.8, 4) is 0 Å². The van der Waals surface area contributed by atoms with Crippen LogP contribution in [0.1, 0.15) is 46.0 Å².